The number of hydrogen-bond acceptors (Lipinski definition) is 2. The van der Waals surface area contributed by atoms with Gasteiger partial charge in [0.1, 0.15) is 6.10 Å². The van der Waals surface area contributed by atoms with Crippen LogP contribution in [0.2, 0.25) is 0 Å². The van der Waals surface area contributed by atoms with E-state index in [1.807, 2.05) is 0 Å². The van der Waals surface area contributed by atoms with E-state index >= 15 is 0 Å². The van der Waals surface area contributed by atoms with E-state index in [0.29, 0.717) is 24.2 Å². The Labute approximate surface area is 79.7 Å². The Morgan fingerprint density at radius 1 is 1.54 bits per heavy atom. The number of carbonyl (C=O) groups excluding carboxylic acids is 1. The van der Waals surface area contributed by atoms with Gasteiger partial charge in [0, 0.05) is 6.42 Å². The molecule has 1 saturated carbocycles. The summed E-state index contributed by atoms with van der Waals surface area (Å²) in [6.07, 6.45) is 4.55. The van der Waals surface area contributed by atoms with Gasteiger partial charge in [0.25, 0.3) is 0 Å². The molecule has 2 bridgehead atoms. The Balaban J connectivity index is 2.10. The summed E-state index contributed by atoms with van der Waals surface area (Å²) in [5.74, 6) is 1.92. The zero-order chi connectivity index (χ0) is 9.42. The van der Waals surface area contributed by atoms with Crippen LogP contribution in [0.5, 0.6) is 0 Å². The average Bonchev–Trinajstić information content (AvgIpc) is 2.28. The van der Waals surface area contributed by atoms with Crippen LogP contribution in [-0.4, -0.2) is 12.1 Å². The summed E-state index contributed by atoms with van der Waals surface area (Å²) in [6.45, 7) is 4.42. The molecular formula is C11H18O2. The Hall–Kier alpha value is -0.530. The van der Waals surface area contributed by atoms with Crippen LogP contribution in [0, 0.1) is 17.8 Å². The van der Waals surface area contributed by atoms with Gasteiger partial charge in [-0.2, -0.15) is 0 Å². The lowest BCUT2D eigenvalue weighted by Crippen LogP contribution is -2.34. The van der Waals surface area contributed by atoms with Crippen LogP contribution >= 0.6 is 0 Å². The quantitative estimate of drug-likeness (QED) is 0.613. The van der Waals surface area contributed by atoms with Crippen molar-refractivity contribution in [1.29, 1.82) is 0 Å². The lowest BCUT2D eigenvalue weighted by atomic mass is 9.86. The van der Waals surface area contributed by atoms with Gasteiger partial charge >= 0.3 is 5.97 Å². The standard InChI is InChI=1S/C11H18O2/c1-3-4-9-8-5-7(2)11(9)13-10(12)6-8/h7-9,11H,3-6H2,1-2H3. The first-order chi connectivity index (χ1) is 6.22. The maximum absolute atomic E-state index is 11.2. The van der Waals surface area contributed by atoms with E-state index in [1.54, 1.807) is 0 Å². The third-order valence-electron chi connectivity index (χ3n) is 3.58. The summed E-state index contributed by atoms with van der Waals surface area (Å²) in [4.78, 5) is 11.2. The highest BCUT2D eigenvalue weighted by Crippen LogP contribution is 2.46. The van der Waals surface area contributed by atoms with Crippen molar-refractivity contribution in [3.8, 4) is 0 Å². The number of esters is 1. The molecule has 1 aliphatic carbocycles. The molecule has 1 heterocycles. The minimum atomic E-state index is 0.0340. The van der Waals surface area contributed by atoms with Gasteiger partial charge in [0.05, 0.1) is 0 Å². The fourth-order valence-electron chi connectivity index (χ4n) is 3.06. The molecule has 13 heavy (non-hydrogen) atoms. The van der Waals surface area contributed by atoms with Crippen molar-refractivity contribution in [2.24, 2.45) is 17.8 Å². The molecule has 0 aromatic carbocycles. The van der Waals surface area contributed by atoms with Gasteiger partial charge in [-0.05, 0) is 30.6 Å². The van der Waals surface area contributed by atoms with Gasteiger partial charge in [-0.15, -0.1) is 0 Å². The Kier molecular flexibility index (Phi) is 2.31. The second kappa shape index (κ2) is 3.32. The first-order valence-electron chi connectivity index (χ1n) is 5.41. The van der Waals surface area contributed by atoms with E-state index in [1.165, 1.54) is 19.3 Å². The Morgan fingerprint density at radius 3 is 2.92 bits per heavy atom. The maximum atomic E-state index is 11.2. The monoisotopic (exact) mass is 182 g/mol. The number of fused-ring (bicyclic) bond motifs is 2. The smallest absolute Gasteiger partial charge is 0.306 e. The van der Waals surface area contributed by atoms with Crippen LogP contribution in [0.3, 0.4) is 0 Å². The van der Waals surface area contributed by atoms with Gasteiger partial charge in [-0.3, -0.25) is 4.79 Å². The first-order valence-corrected chi connectivity index (χ1v) is 5.41. The van der Waals surface area contributed by atoms with E-state index < -0.39 is 0 Å². The minimum absolute atomic E-state index is 0.0340. The Morgan fingerprint density at radius 2 is 2.31 bits per heavy atom. The molecule has 74 valence electrons. The summed E-state index contributed by atoms with van der Waals surface area (Å²) in [5.41, 5.74) is 0. The second-order valence-electron chi connectivity index (χ2n) is 4.58. The number of hydrogen-bond donors (Lipinski definition) is 0. The zero-order valence-electron chi connectivity index (χ0n) is 8.45. The molecule has 4 unspecified atom stereocenters. The highest BCUT2D eigenvalue weighted by Gasteiger charge is 2.47. The molecule has 2 heteroatoms. The summed E-state index contributed by atoms with van der Waals surface area (Å²) in [6, 6.07) is 0. The van der Waals surface area contributed by atoms with E-state index in [4.69, 9.17) is 4.74 Å². The Bertz CT molecular complexity index is 212. The second-order valence-corrected chi connectivity index (χ2v) is 4.58. The van der Waals surface area contributed by atoms with Crippen LogP contribution in [0.1, 0.15) is 39.5 Å². The van der Waals surface area contributed by atoms with Gasteiger partial charge in [0.15, 0.2) is 0 Å². The molecule has 0 aromatic heterocycles. The van der Waals surface area contributed by atoms with Crippen molar-refractivity contribution >= 4 is 5.97 Å². The molecule has 0 amide bonds. The third kappa shape index (κ3) is 1.47. The molecule has 4 atom stereocenters. The van der Waals surface area contributed by atoms with Crippen molar-refractivity contribution in [2.45, 2.75) is 45.6 Å². The van der Waals surface area contributed by atoms with Crippen LogP contribution in [-0.2, 0) is 9.53 Å². The lowest BCUT2D eigenvalue weighted by Gasteiger charge is -2.30. The molecule has 0 N–H and O–H groups in total. The van der Waals surface area contributed by atoms with Gasteiger partial charge in [0.2, 0.25) is 0 Å². The van der Waals surface area contributed by atoms with Crippen LogP contribution < -0.4 is 0 Å². The fourth-order valence-corrected chi connectivity index (χ4v) is 3.06. The molecule has 0 spiro atoms. The SMILES string of the molecule is CCCC1C2CC(=O)OC1C(C)C2. The molecular weight excluding hydrogens is 164 g/mol. The lowest BCUT2D eigenvalue weighted by molar-refractivity contribution is -0.159. The molecule has 0 aromatic rings. The maximum Gasteiger partial charge on any atom is 0.306 e. The summed E-state index contributed by atoms with van der Waals surface area (Å²) in [5, 5.41) is 0. The predicted molar refractivity (Wildman–Crippen MR) is 50.2 cm³/mol. The van der Waals surface area contributed by atoms with Crippen molar-refractivity contribution < 1.29 is 9.53 Å². The highest BCUT2D eigenvalue weighted by atomic mass is 16.5. The van der Waals surface area contributed by atoms with E-state index in [-0.39, 0.29) is 12.1 Å². The number of ether oxygens (including phenoxy) is 1. The molecule has 2 nitrogen and oxygen atoms in total. The third-order valence-corrected chi connectivity index (χ3v) is 3.58. The van der Waals surface area contributed by atoms with Crippen molar-refractivity contribution in [1.82, 2.24) is 0 Å². The van der Waals surface area contributed by atoms with E-state index in [9.17, 15) is 4.79 Å². The highest BCUT2D eigenvalue weighted by molar-refractivity contribution is 5.71. The molecule has 0 radical (unpaired) electrons. The number of rotatable bonds is 2. The van der Waals surface area contributed by atoms with Crippen molar-refractivity contribution in [3.05, 3.63) is 0 Å². The van der Waals surface area contributed by atoms with Gasteiger partial charge < -0.3 is 4.74 Å². The summed E-state index contributed by atoms with van der Waals surface area (Å²) < 4.78 is 5.42. The van der Waals surface area contributed by atoms with Gasteiger partial charge in [-0.25, -0.2) is 0 Å². The summed E-state index contributed by atoms with van der Waals surface area (Å²) >= 11 is 0. The predicted octanol–water partition coefficient (Wildman–Crippen LogP) is 2.37. The fraction of sp³-hybridized carbons (Fsp3) is 0.909. The first kappa shape index (κ1) is 9.04. The van der Waals surface area contributed by atoms with Gasteiger partial charge in [-0.1, -0.05) is 20.3 Å². The minimum Gasteiger partial charge on any atom is -0.462 e. The molecule has 2 aliphatic rings. The van der Waals surface area contributed by atoms with Crippen LogP contribution in [0.4, 0.5) is 0 Å². The van der Waals surface area contributed by atoms with Crippen LogP contribution in [0.25, 0.3) is 0 Å². The average molecular weight is 182 g/mol. The van der Waals surface area contributed by atoms with Crippen molar-refractivity contribution in [2.75, 3.05) is 0 Å². The van der Waals surface area contributed by atoms with E-state index in [2.05, 4.69) is 13.8 Å². The molecule has 2 fully saturated rings. The summed E-state index contributed by atoms with van der Waals surface area (Å²) in [7, 11) is 0. The van der Waals surface area contributed by atoms with E-state index in [0.717, 1.165) is 0 Å². The van der Waals surface area contributed by atoms with Crippen LogP contribution in [0.15, 0.2) is 0 Å². The topological polar surface area (TPSA) is 26.3 Å². The number of carbonyl (C=O) groups is 1. The zero-order valence-corrected chi connectivity index (χ0v) is 8.45. The normalized spacial score (nSPS) is 43.4. The molecule has 1 saturated heterocycles. The van der Waals surface area contributed by atoms with Crippen molar-refractivity contribution in [3.63, 3.8) is 0 Å². The molecule has 2 rings (SSSR count). The molecule has 1 aliphatic heterocycles. The largest absolute Gasteiger partial charge is 0.462 e.